The quantitative estimate of drug-likeness (QED) is 0.475. The number of rotatable bonds is 5. The summed E-state index contributed by atoms with van der Waals surface area (Å²) < 4.78 is 6.20. The van der Waals surface area contributed by atoms with E-state index in [0.717, 1.165) is 11.4 Å². The predicted molar refractivity (Wildman–Crippen MR) is 127 cm³/mol. The standard InChI is InChI=1S/C27H30N2O/c1-6-30-27-28(13-14-29(27)25-16-19(2)15-20(3)17-25)24-12-8-11-23(18-24)26-21(4)9-7-10-22(26)5/h7-18,27H,6H2,1-5H3. The Balaban J connectivity index is 1.71. The van der Waals surface area contributed by atoms with Gasteiger partial charge in [-0.15, -0.1) is 0 Å². The molecule has 0 bridgehead atoms. The van der Waals surface area contributed by atoms with Gasteiger partial charge in [-0.2, -0.15) is 0 Å². The van der Waals surface area contributed by atoms with Crippen LogP contribution in [-0.4, -0.2) is 13.0 Å². The van der Waals surface area contributed by atoms with E-state index in [-0.39, 0.29) is 6.35 Å². The molecule has 0 N–H and O–H groups in total. The van der Waals surface area contributed by atoms with Crippen molar-refractivity contribution in [2.45, 2.75) is 41.0 Å². The summed E-state index contributed by atoms with van der Waals surface area (Å²) in [5, 5.41) is 0. The molecule has 0 saturated heterocycles. The molecule has 0 amide bonds. The highest BCUT2D eigenvalue weighted by atomic mass is 16.5. The van der Waals surface area contributed by atoms with Crippen LogP contribution in [0.5, 0.6) is 0 Å². The van der Waals surface area contributed by atoms with Gasteiger partial charge in [-0.25, -0.2) is 0 Å². The lowest BCUT2D eigenvalue weighted by atomic mass is 9.95. The van der Waals surface area contributed by atoms with Crippen LogP contribution in [-0.2, 0) is 4.74 Å². The molecule has 0 aromatic heterocycles. The van der Waals surface area contributed by atoms with Gasteiger partial charge in [-0.1, -0.05) is 36.4 Å². The fraction of sp³-hybridized carbons (Fsp3) is 0.259. The molecule has 0 radical (unpaired) electrons. The van der Waals surface area contributed by atoms with Crippen LogP contribution in [0, 0.1) is 27.7 Å². The van der Waals surface area contributed by atoms with Crippen LogP contribution < -0.4 is 9.80 Å². The number of benzene rings is 3. The third-order valence-electron chi connectivity index (χ3n) is 5.60. The minimum absolute atomic E-state index is 0.204. The van der Waals surface area contributed by atoms with Crippen molar-refractivity contribution in [3.8, 4) is 11.1 Å². The summed E-state index contributed by atoms with van der Waals surface area (Å²) in [7, 11) is 0. The second-order valence-corrected chi connectivity index (χ2v) is 8.06. The lowest BCUT2D eigenvalue weighted by molar-refractivity contribution is 0.0753. The maximum absolute atomic E-state index is 6.20. The summed E-state index contributed by atoms with van der Waals surface area (Å²) in [6.45, 7) is 11.3. The van der Waals surface area contributed by atoms with Crippen molar-refractivity contribution in [1.29, 1.82) is 0 Å². The number of nitrogens with zero attached hydrogens (tertiary/aromatic N) is 2. The molecule has 30 heavy (non-hydrogen) atoms. The normalized spacial score (nSPS) is 15.8. The Bertz CT molecular complexity index is 1050. The van der Waals surface area contributed by atoms with Crippen molar-refractivity contribution in [2.24, 2.45) is 0 Å². The molecule has 0 saturated carbocycles. The molecule has 0 spiro atoms. The second-order valence-electron chi connectivity index (χ2n) is 8.06. The molecule has 1 atom stereocenters. The minimum atomic E-state index is -0.204. The summed E-state index contributed by atoms with van der Waals surface area (Å²) >= 11 is 0. The van der Waals surface area contributed by atoms with Crippen LogP contribution in [0.3, 0.4) is 0 Å². The summed E-state index contributed by atoms with van der Waals surface area (Å²) in [6.07, 6.45) is 4.02. The highest BCUT2D eigenvalue weighted by Gasteiger charge is 2.29. The molecule has 1 aliphatic heterocycles. The van der Waals surface area contributed by atoms with Crippen LogP contribution in [0.4, 0.5) is 11.4 Å². The van der Waals surface area contributed by atoms with E-state index < -0.39 is 0 Å². The van der Waals surface area contributed by atoms with Crippen molar-refractivity contribution in [3.63, 3.8) is 0 Å². The van der Waals surface area contributed by atoms with Crippen LogP contribution in [0.2, 0.25) is 0 Å². The molecule has 3 aromatic rings. The summed E-state index contributed by atoms with van der Waals surface area (Å²) in [5.74, 6) is 0. The zero-order valence-corrected chi connectivity index (χ0v) is 18.5. The van der Waals surface area contributed by atoms with Crippen LogP contribution in [0.15, 0.2) is 73.1 Å². The van der Waals surface area contributed by atoms with E-state index in [0.29, 0.717) is 6.61 Å². The van der Waals surface area contributed by atoms with Crippen molar-refractivity contribution in [1.82, 2.24) is 0 Å². The van der Waals surface area contributed by atoms with E-state index in [9.17, 15) is 0 Å². The van der Waals surface area contributed by atoms with E-state index in [1.54, 1.807) is 0 Å². The number of hydrogen-bond acceptors (Lipinski definition) is 3. The summed E-state index contributed by atoms with van der Waals surface area (Å²) in [4.78, 5) is 4.41. The van der Waals surface area contributed by atoms with Crippen molar-refractivity contribution >= 4 is 11.4 Å². The van der Waals surface area contributed by atoms with Gasteiger partial charge < -0.3 is 14.5 Å². The van der Waals surface area contributed by atoms with Gasteiger partial charge in [0.2, 0.25) is 6.35 Å². The molecule has 1 aliphatic rings. The molecule has 0 aliphatic carbocycles. The molecule has 1 unspecified atom stereocenters. The van der Waals surface area contributed by atoms with Gasteiger partial charge in [-0.05, 0) is 92.3 Å². The average molecular weight is 399 g/mol. The van der Waals surface area contributed by atoms with E-state index in [1.165, 1.54) is 33.4 Å². The SMILES string of the molecule is CCOC1N(c2cc(C)cc(C)c2)C=CN1c1cccc(-c2c(C)cccc2C)c1. The lowest BCUT2D eigenvalue weighted by Crippen LogP contribution is -2.41. The third kappa shape index (κ3) is 3.86. The van der Waals surface area contributed by atoms with Crippen LogP contribution >= 0.6 is 0 Å². The monoisotopic (exact) mass is 398 g/mol. The zero-order chi connectivity index (χ0) is 21.3. The van der Waals surface area contributed by atoms with Gasteiger partial charge in [0, 0.05) is 30.4 Å². The predicted octanol–water partition coefficient (Wildman–Crippen LogP) is 6.71. The Kier molecular flexibility index (Phi) is 5.65. The Labute approximate surface area is 180 Å². The number of anilines is 2. The van der Waals surface area contributed by atoms with E-state index in [4.69, 9.17) is 4.74 Å². The van der Waals surface area contributed by atoms with E-state index in [2.05, 4.69) is 111 Å². The first kappa shape index (κ1) is 20.2. The summed E-state index contributed by atoms with van der Waals surface area (Å²) in [6, 6.07) is 21.8. The maximum Gasteiger partial charge on any atom is 0.218 e. The second kappa shape index (κ2) is 8.37. The molecule has 0 fully saturated rings. The van der Waals surface area contributed by atoms with Gasteiger partial charge in [0.05, 0.1) is 0 Å². The van der Waals surface area contributed by atoms with Crippen LogP contribution in [0.1, 0.15) is 29.2 Å². The smallest absolute Gasteiger partial charge is 0.218 e. The molecule has 1 heterocycles. The lowest BCUT2D eigenvalue weighted by Gasteiger charge is -2.32. The highest BCUT2D eigenvalue weighted by Crippen LogP contribution is 2.34. The highest BCUT2D eigenvalue weighted by molar-refractivity contribution is 5.75. The minimum Gasteiger partial charge on any atom is -0.340 e. The van der Waals surface area contributed by atoms with Gasteiger partial charge in [0.1, 0.15) is 0 Å². The molecular formula is C27H30N2O. The Morgan fingerprint density at radius 1 is 0.733 bits per heavy atom. The molecule has 3 aromatic carbocycles. The van der Waals surface area contributed by atoms with Gasteiger partial charge in [0.15, 0.2) is 0 Å². The first-order valence-electron chi connectivity index (χ1n) is 10.6. The molecule has 3 heteroatoms. The molecule has 154 valence electrons. The topological polar surface area (TPSA) is 15.7 Å². The Morgan fingerprint density at radius 2 is 1.33 bits per heavy atom. The summed E-state index contributed by atoms with van der Waals surface area (Å²) in [5.41, 5.74) is 9.91. The van der Waals surface area contributed by atoms with E-state index >= 15 is 0 Å². The maximum atomic E-state index is 6.20. The number of hydrogen-bond donors (Lipinski definition) is 0. The third-order valence-corrected chi connectivity index (χ3v) is 5.60. The molecule has 4 rings (SSSR count). The van der Waals surface area contributed by atoms with Gasteiger partial charge in [0.25, 0.3) is 0 Å². The van der Waals surface area contributed by atoms with E-state index in [1.807, 2.05) is 6.92 Å². The Hall–Kier alpha value is -3.04. The number of ether oxygens (including phenoxy) is 1. The van der Waals surface area contributed by atoms with Crippen LogP contribution in [0.25, 0.3) is 11.1 Å². The van der Waals surface area contributed by atoms with Crippen molar-refractivity contribution in [3.05, 3.63) is 95.3 Å². The Morgan fingerprint density at radius 3 is 1.97 bits per heavy atom. The average Bonchev–Trinajstić information content (AvgIpc) is 3.11. The van der Waals surface area contributed by atoms with Gasteiger partial charge in [-0.3, -0.25) is 0 Å². The van der Waals surface area contributed by atoms with Gasteiger partial charge >= 0.3 is 0 Å². The fourth-order valence-corrected chi connectivity index (χ4v) is 4.35. The fourth-order valence-electron chi connectivity index (χ4n) is 4.35. The molecule has 3 nitrogen and oxygen atoms in total. The number of aryl methyl sites for hydroxylation is 4. The van der Waals surface area contributed by atoms with Crippen molar-refractivity contribution in [2.75, 3.05) is 16.4 Å². The first-order valence-corrected chi connectivity index (χ1v) is 10.6. The first-order chi connectivity index (χ1) is 14.5. The van der Waals surface area contributed by atoms with Crippen molar-refractivity contribution < 1.29 is 4.74 Å². The zero-order valence-electron chi connectivity index (χ0n) is 18.5. The largest absolute Gasteiger partial charge is 0.340 e. The molecular weight excluding hydrogens is 368 g/mol.